The minimum Gasteiger partial charge on any atom is -0.481 e. The highest BCUT2D eigenvalue weighted by Crippen LogP contribution is 1.90. The summed E-state index contributed by atoms with van der Waals surface area (Å²) in [6.07, 6.45) is 1.43. The van der Waals surface area contributed by atoms with Crippen LogP contribution >= 0.6 is 0 Å². The second-order valence-corrected chi connectivity index (χ2v) is 1.96. The molecule has 1 rings (SSSR count). The average molecular weight is 204 g/mol. The van der Waals surface area contributed by atoms with E-state index in [1.807, 2.05) is 0 Å². The number of anilines is 1. The molecule has 0 fully saturated rings. The van der Waals surface area contributed by atoms with Gasteiger partial charge in [0.05, 0.1) is 0 Å². The number of carboxylic acid groups (broad SMARTS) is 2. The van der Waals surface area contributed by atoms with Crippen LogP contribution in [0.1, 0.15) is 13.8 Å². The van der Waals surface area contributed by atoms with Crippen molar-refractivity contribution in [3.8, 4) is 0 Å². The lowest BCUT2D eigenvalue weighted by Gasteiger charge is -1.65. The van der Waals surface area contributed by atoms with Crippen molar-refractivity contribution in [1.29, 1.82) is 0 Å². The van der Waals surface area contributed by atoms with Gasteiger partial charge in [-0.1, -0.05) is 5.16 Å². The summed E-state index contributed by atoms with van der Waals surface area (Å²) in [7, 11) is 0. The van der Waals surface area contributed by atoms with Crippen molar-refractivity contribution >= 4 is 17.8 Å². The van der Waals surface area contributed by atoms with Gasteiger partial charge in [0.25, 0.3) is 11.9 Å². The largest absolute Gasteiger partial charge is 0.481 e. The van der Waals surface area contributed by atoms with E-state index in [0.717, 1.165) is 13.8 Å². The Kier molecular flexibility index (Phi) is 9.35. The SMILES string of the molecule is CC(=O)O.CC(=O)O.Nc1ccon1. The normalized spacial score (nSPS) is 7.29. The number of aromatic nitrogens is 1. The number of nitrogen functional groups attached to an aromatic ring is 1. The number of aliphatic carboxylic acids is 2. The number of rotatable bonds is 0. The molecule has 0 aliphatic carbocycles. The van der Waals surface area contributed by atoms with Crippen LogP contribution < -0.4 is 5.73 Å². The molecule has 0 saturated heterocycles. The van der Waals surface area contributed by atoms with Crippen LogP contribution in [0.5, 0.6) is 0 Å². The van der Waals surface area contributed by atoms with Crippen LogP contribution in [0.2, 0.25) is 0 Å². The van der Waals surface area contributed by atoms with Gasteiger partial charge < -0.3 is 20.5 Å². The molecule has 80 valence electrons. The molecule has 0 aliphatic heterocycles. The lowest BCUT2D eigenvalue weighted by molar-refractivity contribution is -0.135. The highest BCUT2D eigenvalue weighted by atomic mass is 16.5. The van der Waals surface area contributed by atoms with Gasteiger partial charge in [0.2, 0.25) is 0 Å². The van der Waals surface area contributed by atoms with Gasteiger partial charge >= 0.3 is 0 Å². The van der Waals surface area contributed by atoms with Gasteiger partial charge in [0.1, 0.15) is 6.26 Å². The average Bonchev–Trinajstić information content (AvgIpc) is 2.36. The second-order valence-electron chi connectivity index (χ2n) is 1.96. The number of carbonyl (C=O) groups is 2. The maximum atomic E-state index is 9.00. The maximum absolute atomic E-state index is 9.00. The summed E-state index contributed by atoms with van der Waals surface area (Å²) in [6, 6.07) is 1.58. The van der Waals surface area contributed by atoms with Gasteiger partial charge in [0.15, 0.2) is 5.82 Å². The number of nitrogens with zero attached hydrogens (tertiary/aromatic N) is 1. The first kappa shape index (κ1) is 14.5. The topological polar surface area (TPSA) is 127 Å². The fraction of sp³-hybridized carbons (Fsp3) is 0.286. The Labute approximate surface area is 80.1 Å². The molecule has 14 heavy (non-hydrogen) atoms. The smallest absolute Gasteiger partial charge is 0.300 e. The first-order chi connectivity index (χ1) is 6.36. The van der Waals surface area contributed by atoms with E-state index < -0.39 is 11.9 Å². The van der Waals surface area contributed by atoms with E-state index in [1.165, 1.54) is 6.26 Å². The minimum absolute atomic E-state index is 0.426. The minimum atomic E-state index is -0.833. The van der Waals surface area contributed by atoms with Gasteiger partial charge in [-0.05, 0) is 0 Å². The fourth-order valence-electron chi connectivity index (χ4n) is 0.222. The predicted molar refractivity (Wildman–Crippen MR) is 47.5 cm³/mol. The van der Waals surface area contributed by atoms with Crippen molar-refractivity contribution in [1.82, 2.24) is 5.16 Å². The molecule has 1 aromatic rings. The molecule has 0 spiro atoms. The number of hydrogen-bond donors (Lipinski definition) is 3. The van der Waals surface area contributed by atoms with Crippen molar-refractivity contribution < 1.29 is 24.3 Å². The third-order valence-electron chi connectivity index (χ3n) is 0.458. The molecule has 0 unspecified atom stereocenters. The predicted octanol–water partition coefficient (Wildman–Crippen LogP) is 0.439. The van der Waals surface area contributed by atoms with Crippen molar-refractivity contribution in [2.45, 2.75) is 13.8 Å². The Morgan fingerprint density at radius 1 is 1.36 bits per heavy atom. The quantitative estimate of drug-likeness (QED) is 0.559. The Hall–Kier alpha value is -2.05. The molecule has 0 saturated carbocycles. The molecule has 0 radical (unpaired) electrons. The molecule has 7 nitrogen and oxygen atoms in total. The Morgan fingerprint density at radius 2 is 1.71 bits per heavy atom. The zero-order valence-corrected chi connectivity index (χ0v) is 7.80. The molecule has 0 aromatic carbocycles. The fourth-order valence-corrected chi connectivity index (χ4v) is 0.222. The molecule has 0 amide bonds. The van der Waals surface area contributed by atoms with E-state index in [4.69, 9.17) is 25.5 Å². The first-order valence-corrected chi connectivity index (χ1v) is 3.41. The van der Waals surface area contributed by atoms with E-state index in [2.05, 4.69) is 9.68 Å². The number of carboxylic acids is 2. The number of hydrogen-bond acceptors (Lipinski definition) is 5. The summed E-state index contributed by atoms with van der Waals surface area (Å²) in [5.41, 5.74) is 5.07. The van der Waals surface area contributed by atoms with Gasteiger partial charge in [-0.15, -0.1) is 0 Å². The molecule has 0 atom stereocenters. The van der Waals surface area contributed by atoms with E-state index in [0.29, 0.717) is 5.82 Å². The van der Waals surface area contributed by atoms with Crippen LogP contribution in [0.25, 0.3) is 0 Å². The zero-order valence-electron chi connectivity index (χ0n) is 7.80. The summed E-state index contributed by atoms with van der Waals surface area (Å²) >= 11 is 0. The van der Waals surface area contributed by atoms with Crippen LogP contribution in [0.15, 0.2) is 16.9 Å². The van der Waals surface area contributed by atoms with Gasteiger partial charge in [-0.25, -0.2) is 0 Å². The van der Waals surface area contributed by atoms with E-state index in [9.17, 15) is 0 Å². The van der Waals surface area contributed by atoms with Crippen molar-refractivity contribution in [3.05, 3.63) is 12.3 Å². The lowest BCUT2D eigenvalue weighted by atomic mass is 10.7. The molecule has 4 N–H and O–H groups in total. The molecule has 1 aromatic heterocycles. The third kappa shape index (κ3) is 32.5. The molecular formula is C7H12N2O5. The summed E-state index contributed by atoms with van der Waals surface area (Å²) in [5.74, 6) is -1.24. The summed E-state index contributed by atoms with van der Waals surface area (Å²) in [4.78, 5) is 18.0. The van der Waals surface area contributed by atoms with E-state index >= 15 is 0 Å². The van der Waals surface area contributed by atoms with Gasteiger partial charge in [-0.3, -0.25) is 9.59 Å². The molecule has 1 heterocycles. The standard InChI is InChI=1S/C3H4N2O.2C2H4O2/c4-3-1-2-6-5-3;2*1-2(3)4/h1-2H,(H2,4,5);2*1H3,(H,3,4). The Balaban J connectivity index is 0. The maximum Gasteiger partial charge on any atom is 0.300 e. The van der Waals surface area contributed by atoms with E-state index in [-0.39, 0.29) is 0 Å². The monoisotopic (exact) mass is 204 g/mol. The summed E-state index contributed by atoms with van der Waals surface area (Å²) in [5, 5.41) is 18.2. The second kappa shape index (κ2) is 9.04. The number of nitrogens with two attached hydrogens (primary N) is 1. The summed E-state index contributed by atoms with van der Waals surface area (Å²) < 4.78 is 4.34. The van der Waals surface area contributed by atoms with Crippen LogP contribution in [-0.4, -0.2) is 27.3 Å². The highest BCUT2D eigenvalue weighted by molar-refractivity contribution is 5.63. The molecule has 0 aliphatic rings. The first-order valence-electron chi connectivity index (χ1n) is 3.41. The van der Waals surface area contributed by atoms with Gasteiger partial charge in [0, 0.05) is 19.9 Å². The van der Waals surface area contributed by atoms with Crippen molar-refractivity contribution in [2.24, 2.45) is 0 Å². The van der Waals surface area contributed by atoms with Crippen molar-refractivity contribution in [2.75, 3.05) is 5.73 Å². The Morgan fingerprint density at radius 3 is 1.79 bits per heavy atom. The lowest BCUT2D eigenvalue weighted by Crippen LogP contribution is -1.79. The molecular weight excluding hydrogens is 192 g/mol. The molecule has 7 heteroatoms. The third-order valence-corrected chi connectivity index (χ3v) is 0.458. The van der Waals surface area contributed by atoms with Crippen LogP contribution in [0, 0.1) is 0 Å². The van der Waals surface area contributed by atoms with Crippen LogP contribution in [0.3, 0.4) is 0 Å². The van der Waals surface area contributed by atoms with E-state index in [1.54, 1.807) is 6.07 Å². The zero-order chi connectivity index (χ0) is 11.6. The summed E-state index contributed by atoms with van der Waals surface area (Å²) in [6.45, 7) is 2.17. The van der Waals surface area contributed by atoms with Crippen LogP contribution in [0.4, 0.5) is 5.82 Å². The van der Waals surface area contributed by atoms with Gasteiger partial charge in [-0.2, -0.15) is 0 Å². The molecule has 0 bridgehead atoms. The Bertz CT molecular complexity index is 237. The van der Waals surface area contributed by atoms with Crippen molar-refractivity contribution in [3.63, 3.8) is 0 Å². The highest BCUT2D eigenvalue weighted by Gasteiger charge is 1.78. The van der Waals surface area contributed by atoms with Crippen LogP contribution in [-0.2, 0) is 9.59 Å².